The summed E-state index contributed by atoms with van der Waals surface area (Å²) in [4.78, 5) is 15.0. The van der Waals surface area contributed by atoms with Gasteiger partial charge in [0, 0.05) is 18.0 Å². The largest absolute Gasteiger partial charge is 0.298 e. The van der Waals surface area contributed by atoms with Gasteiger partial charge in [0.15, 0.2) is 6.29 Å². The molecule has 0 atom stereocenters. The van der Waals surface area contributed by atoms with Crippen molar-refractivity contribution in [3.63, 3.8) is 0 Å². The van der Waals surface area contributed by atoms with E-state index in [1.165, 1.54) is 0 Å². The number of aromatic nitrogens is 1. The fraction of sp³-hybridized carbons (Fsp3) is 0. The molecule has 0 saturated heterocycles. The third-order valence-corrected chi connectivity index (χ3v) is 2.24. The number of allylic oxidation sites excluding steroid dienone is 1. The maximum Gasteiger partial charge on any atom is 0.150 e. The van der Waals surface area contributed by atoms with Crippen molar-refractivity contribution in [1.82, 2.24) is 4.98 Å². The van der Waals surface area contributed by atoms with Gasteiger partial charge in [-0.1, -0.05) is 36.4 Å². The van der Waals surface area contributed by atoms with E-state index in [4.69, 9.17) is 0 Å². The lowest BCUT2D eigenvalue weighted by atomic mass is 10.1. The summed E-state index contributed by atoms with van der Waals surface area (Å²) in [6.45, 7) is 0. The van der Waals surface area contributed by atoms with E-state index in [1.807, 2.05) is 48.5 Å². The Balaban J connectivity index is 2.38. The van der Waals surface area contributed by atoms with Crippen molar-refractivity contribution in [1.29, 1.82) is 0 Å². The van der Waals surface area contributed by atoms with Gasteiger partial charge in [-0.05, 0) is 23.3 Å². The third kappa shape index (κ3) is 2.42. The minimum absolute atomic E-state index is 0.661. The van der Waals surface area contributed by atoms with Gasteiger partial charge in [-0.25, -0.2) is 0 Å². The van der Waals surface area contributed by atoms with E-state index >= 15 is 0 Å². The second-order valence-electron chi connectivity index (χ2n) is 3.37. The smallest absolute Gasteiger partial charge is 0.150 e. The number of carbonyl (C=O) groups excluding carboxylic acids is 1. The molecule has 0 fully saturated rings. The van der Waals surface area contributed by atoms with Crippen LogP contribution < -0.4 is 0 Å². The molecule has 2 heteroatoms. The van der Waals surface area contributed by atoms with Gasteiger partial charge in [-0.2, -0.15) is 0 Å². The Kier molecular flexibility index (Phi) is 3.24. The number of aldehydes is 1. The Morgan fingerprint density at radius 3 is 2.50 bits per heavy atom. The van der Waals surface area contributed by atoms with Gasteiger partial charge in [0.2, 0.25) is 0 Å². The molecule has 0 aliphatic carbocycles. The predicted molar refractivity (Wildman–Crippen MR) is 64.6 cm³/mol. The molecule has 0 aliphatic heterocycles. The van der Waals surface area contributed by atoms with Crippen LogP contribution in [0.2, 0.25) is 0 Å². The Labute approximate surface area is 94.3 Å². The molecule has 0 bridgehead atoms. The van der Waals surface area contributed by atoms with Gasteiger partial charge in [0.05, 0.1) is 0 Å². The first kappa shape index (κ1) is 10.3. The summed E-state index contributed by atoms with van der Waals surface area (Å²) in [5.74, 6) is 0. The van der Waals surface area contributed by atoms with Crippen LogP contribution in [-0.4, -0.2) is 11.3 Å². The Morgan fingerprint density at radius 2 is 1.88 bits per heavy atom. The van der Waals surface area contributed by atoms with Gasteiger partial charge in [0.25, 0.3) is 0 Å². The third-order valence-electron chi connectivity index (χ3n) is 2.24. The zero-order chi connectivity index (χ0) is 11.2. The van der Waals surface area contributed by atoms with Crippen LogP contribution in [0.1, 0.15) is 11.1 Å². The SMILES string of the molecule is O=C/C(=C/c1cccnc1)c1ccccc1. The first-order valence-electron chi connectivity index (χ1n) is 5.02. The molecule has 0 amide bonds. The molecule has 0 aliphatic rings. The molecule has 0 radical (unpaired) electrons. The quantitative estimate of drug-likeness (QED) is 0.574. The Hall–Kier alpha value is -2.22. The van der Waals surface area contributed by atoms with Crippen molar-refractivity contribution in [2.24, 2.45) is 0 Å². The highest BCUT2D eigenvalue weighted by Gasteiger charge is 1.99. The van der Waals surface area contributed by atoms with E-state index in [0.717, 1.165) is 17.4 Å². The number of hydrogen-bond acceptors (Lipinski definition) is 2. The van der Waals surface area contributed by atoms with Gasteiger partial charge in [-0.15, -0.1) is 0 Å². The summed E-state index contributed by atoms with van der Waals surface area (Å²) in [6, 6.07) is 13.3. The summed E-state index contributed by atoms with van der Waals surface area (Å²) in [5, 5.41) is 0. The molecule has 2 rings (SSSR count). The van der Waals surface area contributed by atoms with E-state index in [9.17, 15) is 4.79 Å². The lowest BCUT2D eigenvalue weighted by Gasteiger charge is -1.99. The normalized spacial score (nSPS) is 11.1. The second-order valence-corrected chi connectivity index (χ2v) is 3.37. The van der Waals surface area contributed by atoms with Crippen LogP contribution in [0.4, 0.5) is 0 Å². The monoisotopic (exact) mass is 209 g/mol. The summed E-state index contributed by atoms with van der Waals surface area (Å²) < 4.78 is 0. The molecular weight excluding hydrogens is 198 g/mol. The van der Waals surface area contributed by atoms with Crippen LogP contribution in [0.25, 0.3) is 11.6 Å². The Morgan fingerprint density at radius 1 is 1.06 bits per heavy atom. The standard InChI is InChI=1S/C14H11NO/c16-11-14(13-6-2-1-3-7-13)9-12-5-4-8-15-10-12/h1-11H/b14-9-. The number of hydrogen-bond donors (Lipinski definition) is 0. The summed E-state index contributed by atoms with van der Waals surface area (Å²) in [5.41, 5.74) is 2.50. The zero-order valence-electron chi connectivity index (χ0n) is 8.71. The van der Waals surface area contributed by atoms with Crippen molar-refractivity contribution in [2.75, 3.05) is 0 Å². The molecule has 16 heavy (non-hydrogen) atoms. The van der Waals surface area contributed by atoms with Crippen LogP contribution in [-0.2, 0) is 4.79 Å². The minimum atomic E-state index is 0.661. The predicted octanol–water partition coefficient (Wildman–Crippen LogP) is 2.82. The number of benzene rings is 1. The number of carbonyl (C=O) groups is 1. The van der Waals surface area contributed by atoms with Crippen molar-refractivity contribution in [2.45, 2.75) is 0 Å². The molecule has 1 aromatic carbocycles. The van der Waals surface area contributed by atoms with Gasteiger partial charge >= 0.3 is 0 Å². The first-order valence-corrected chi connectivity index (χ1v) is 5.02. The summed E-state index contributed by atoms with van der Waals surface area (Å²) in [7, 11) is 0. The van der Waals surface area contributed by atoms with Crippen molar-refractivity contribution in [3.8, 4) is 0 Å². The van der Waals surface area contributed by atoms with E-state index < -0.39 is 0 Å². The van der Waals surface area contributed by atoms with E-state index in [2.05, 4.69) is 4.98 Å². The minimum Gasteiger partial charge on any atom is -0.298 e. The summed E-state index contributed by atoms with van der Waals surface area (Å²) >= 11 is 0. The molecule has 1 aromatic heterocycles. The molecular formula is C14H11NO. The second kappa shape index (κ2) is 5.03. The molecule has 0 unspecified atom stereocenters. The maximum absolute atomic E-state index is 11.0. The lowest BCUT2D eigenvalue weighted by Crippen LogP contribution is -1.85. The zero-order valence-corrected chi connectivity index (χ0v) is 8.71. The first-order chi connectivity index (χ1) is 7.90. The maximum atomic E-state index is 11.0. The fourth-order valence-electron chi connectivity index (χ4n) is 1.46. The molecule has 0 spiro atoms. The highest BCUT2D eigenvalue weighted by Crippen LogP contribution is 2.15. The Bertz CT molecular complexity index is 489. The highest BCUT2D eigenvalue weighted by atomic mass is 16.1. The van der Waals surface area contributed by atoms with E-state index in [0.29, 0.717) is 5.57 Å². The average Bonchev–Trinajstić information content (AvgIpc) is 2.38. The molecule has 2 aromatic rings. The molecule has 1 heterocycles. The molecule has 0 saturated carbocycles. The number of nitrogens with zero attached hydrogens (tertiary/aromatic N) is 1. The van der Waals surface area contributed by atoms with Crippen LogP contribution in [0.15, 0.2) is 54.9 Å². The van der Waals surface area contributed by atoms with E-state index in [1.54, 1.807) is 12.4 Å². The average molecular weight is 209 g/mol. The van der Waals surface area contributed by atoms with Crippen molar-refractivity contribution in [3.05, 3.63) is 66.0 Å². The van der Waals surface area contributed by atoms with Crippen LogP contribution >= 0.6 is 0 Å². The van der Waals surface area contributed by atoms with Gasteiger partial charge in [-0.3, -0.25) is 9.78 Å². The highest BCUT2D eigenvalue weighted by molar-refractivity contribution is 6.13. The lowest BCUT2D eigenvalue weighted by molar-refractivity contribution is -0.103. The fourth-order valence-corrected chi connectivity index (χ4v) is 1.46. The molecule has 78 valence electrons. The van der Waals surface area contributed by atoms with Crippen LogP contribution in [0.3, 0.4) is 0 Å². The van der Waals surface area contributed by atoms with Crippen molar-refractivity contribution >= 4 is 17.9 Å². The summed E-state index contributed by atoms with van der Waals surface area (Å²) in [6.07, 6.45) is 6.13. The van der Waals surface area contributed by atoms with Crippen molar-refractivity contribution < 1.29 is 4.79 Å². The van der Waals surface area contributed by atoms with E-state index in [-0.39, 0.29) is 0 Å². The molecule has 2 nitrogen and oxygen atoms in total. The van der Waals surface area contributed by atoms with Crippen LogP contribution in [0.5, 0.6) is 0 Å². The number of rotatable bonds is 3. The van der Waals surface area contributed by atoms with Crippen LogP contribution in [0, 0.1) is 0 Å². The topological polar surface area (TPSA) is 30.0 Å². The molecule has 0 N–H and O–H groups in total. The van der Waals surface area contributed by atoms with Gasteiger partial charge in [0.1, 0.15) is 0 Å². The van der Waals surface area contributed by atoms with Gasteiger partial charge < -0.3 is 0 Å². The number of pyridine rings is 1.